The Morgan fingerprint density at radius 2 is 1.48 bits per heavy atom. The molecule has 0 saturated carbocycles. The van der Waals surface area contributed by atoms with Crippen molar-refractivity contribution in [2.45, 2.75) is 122 Å². The zero-order valence-corrected chi connectivity index (χ0v) is 34.4. The van der Waals surface area contributed by atoms with Crippen molar-refractivity contribution in [2.24, 2.45) is 11.8 Å². The van der Waals surface area contributed by atoms with Crippen LogP contribution in [0.4, 0.5) is 4.79 Å². The lowest BCUT2D eigenvalue weighted by Gasteiger charge is -2.32. The van der Waals surface area contributed by atoms with Gasteiger partial charge in [0, 0.05) is 20.0 Å². The maximum atomic E-state index is 14.2. The van der Waals surface area contributed by atoms with Crippen LogP contribution >= 0.6 is 0 Å². The number of urea groups is 1. The van der Waals surface area contributed by atoms with E-state index in [9.17, 15) is 43.8 Å². The van der Waals surface area contributed by atoms with Gasteiger partial charge in [-0.25, -0.2) is 9.59 Å². The molecule has 1 fully saturated rings. The van der Waals surface area contributed by atoms with Crippen molar-refractivity contribution in [2.75, 3.05) is 13.6 Å². The van der Waals surface area contributed by atoms with Gasteiger partial charge in [0.25, 0.3) is 0 Å². The van der Waals surface area contributed by atoms with E-state index >= 15 is 0 Å². The van der Waals surface area contributed by atoms with Crippen LogP contribution in [0.2, 0.25) is 0 Å². The van der Waals surface area contributed by atoms with Crippen LogP contribution in [0.3, 0.4) is 0 Å². The largest absolute Gasteiger partial charge is 0.508 e. The normalized spacial score (nSPS) is 23.3. The van der Waals surface area contributed by atoms with Gasteiger partial charge in [0.15, 0.2) is 0 Å². The number of nitrogens with zero attached hydrogens (tertiary/aromatic N) is 1. The summed E-state index contributed by atoms with van der Waals surface area (Å²) in [5.41, 5.74) is 1.57. The fourth-order valence-electron chi connectivity index (χ4n) is 6.51. The van der Waals surface area contributed by atoms with Crippen LogP contribution in [-0.2, 0) is 41.6 Å². The summed E-state index contributed by atoms with van der Waals surface area (Å²) in [6.45, 7) is 8.78. The number of nitrogens with one attached hydrogen (secondary N) is 6. The van der Waals surface area contributed by atoms with Gasteiger partial charge in [-0.1, -0.05) is 83.0 Å². The van der Waals surface area contributed by atoms with Crippen LogP contribution in [-0.4, -0.2) is 106 Å². The standard InChI is InChI=1S/C42H61N7O9/c1-7-25(3)34-39(54)44-32(22-19-28-17-20-30(50)21-18-28)40(55)49(6)27(5)36(51)45-33(24-29-14-10-9-11-15-29)37(52)43-23-13-12-16-31(38(53)47-34)46-42(58)48-35(41(56)57)26(4)8-2/h9-11,14-15,17-18,20-21,25-27,31-35,50H,7-8,12-13,16,19,22-24H2,1-6H3,(H,43,52)(H,44,54)(H,45,51)(H,47,53)(H,56,57)(H2,46,48,58). The van der Waals surface area contributed by atoms with Gasteiger partial charge in [-0.3, -0.25) is 24.0 Å². The number of hydrogen-bond acceptors (Lipinski definition) is 8. The van der Waals surface area contributed by atoms with Crippen LogP contribution in [0.1, 0.15) is 84.3 Å². The van der Waals surface area contributed by atoms with Crippen molar-refractivity contribution in [1.82, 2.24) is 36.8 Å². The Hall–Kier alpha value is -5.67. The maximum absolute atomic E-state index is 14.2. The topological polar surface area (TPSA) is 235 Å². The molecule has 16 nitrogen and oxygen atoms in total. The first-order valence-corrected chi connectivity index (χ1v) is 20.1. The number of phenolic OH excluding ortho intramolecular Hbond substituents is 1. The van der Waals surface area contributed by atoms with Crippen molar-refractivity contribution in [1.29, 1.82) is 0 Å². The Labute approximate surface area is 340 Å². The highest BCUT2D eigenvalue weighted by molar-refractivity contribution is 5.96. The molecule has 0 bridgehead atoms. The zero-order valence-electron chi connectivity index (χ0n) is 34.4. The molecule has 7 amide bonds. The summed E-state index contributed by atoms with van der Waals surface area (Å²) >= 11 is 0. The number of amides is 7. The Kier molecular flexibility index (Phi) is 18.5. The first kappa shape index (κ1) is 46.7. The van der Waals surface area contributed by atoms with E-state index in [4.69, 9.17) is 0 Å². The Balaban J connectivity index is 2.00. The van der Waals surface area contributed by atoms with Crippen LogP contribution in [0, 0.1) is 11.8 Å². The van der Waals surface area contributed by atoms with Gasteiger partial charge in [0.1, 0.15) is 42.0 Å². The minimum Gasteiger partial charge on any atom is -0.508 e. The second kappa shape index (κ2) is 22.9. The molecule has 16 heteroatoms. The molecule has 1 aliphatic rings. The number of benzene rings is 2. The second-order valence-corrected chi connectivity index (χ2v) is 15.2. The number of aromatic hydroxyl groups is 1. The summed E-state index contributed by atoms with van der Waals surface area (Å²) in [5.74, 6) is -4.97. The molecule has 58 heavy (non-hydrogen) atoms. The average Bonchev–Trinajstić information content (AvgIpc) is 3.21. The van der Waals surface area contributed by atoms with E-state index in [2.05, 4.69) is 31.9 Å². The molecule has 3 rings (SSSR count). The number of hydrogen-bond donors (Lipinski definition) is 8. The SMILES string of the molecule is CCC(C)C(NC(=O)NC1CCCCNC(=O)C(Cc2ccccc2)NC(=O)C(C)N(C)C(=O)C(CCc2ccc(O)cc2)NC(=O)C(C(C)CC)NC1=O)C(=O)O. The predicted molar refractivity (Wildman–Crippen MR) is 217 cm³/mol. The number of aliphatic carboxylic acids is 1. The first-order valence-electron chi connectivity index (χ1n) is 20.1. The van der Waals surface area contributed by atoms with E-state index in [1.165, 1.54) is 31.0 Å². The number of carboxylic acids is 1. The van der Waals surface area contributed by atoms with Crippen molar-refractivity contribution < 1.29 is 43.8 Å². The molecule has 2 aromatic rings. The van der Waals surface area contributed by atoms with Crippen molar-refractivity contribution in [3.05, 3.63) is 65.7 Å². The van der Waals surface area contributed by atoms with Gasteiger partial charge < -0.3 is 47.0 Å². The highest BCUT2D eigenvalue weighted by atomic mass is 16.4. The van der Waals surface area contributed by atoms with E-state index in [0.717, 1.165) is 11.1 Å². The van der Waals surface area contributed by atoms with E-state index in [0.29, 0.717) is 32.1 Å². The lowest BCUT2D eigenvalue weighted by Crippen LogP contribution is -2.60. The van der Waals surface area contributed by atoms with Gasteiger partial charge >= 0.3 is 12.0 Å². The van der Waals surface area contributed by atoms with Gasteiger partial charge in [0.05, 0.1) is 0 Å². The summed E-state index contributed by atoms with van der Waals surface area (Å²) in [7, 11) is 1.44. The van der Waals surface area contributed by atoms with Crippen LogP contribution in [0.25, 0.3) is 0 Å². The Morgan fingerprint density at radius 3 is 2.10 bits per heavy atom. The number of carbonyl (C=O) groups is 7. The van der Waals surface area contributed by atoms with E-state index < -0.39 is 89.6 Å². The average molecular weight is 808 g/mol. The third kappa shape index (κ3) is 14.1. The third-order valence-electron chi connectivity index (χ3n) is 10.9. The summed E-state index contributed by atoms with van der Waals surface area (Å²) in [5, 5.41) is 35.9. The fraction of sp³-hybridized carbons (Fsp3) is 0.548. The quantitative estimate of drug-likeness (QED) is 0.157. The summed E-state index contributed by atoms with van der Waals surface area (Å²) < 4.78 is 0. The Morgan fingerprint density at radius 1 is 0.828 bits per heavy atom. The number of likely N-dealkylation sites (N-methyl/N-ethyl adjacent to an activating group) is 1. The molecule has 8 N–H and O–H groups in total. The molecular weight excluding hydrogens is 747 g/mol. The molecular formula is C42H61N7O9. The van der Waals surface area contributed by atoms with Gasteiger partial charge in [-0.2, -0.15) is 0 Å². The van der Waals surface area contributed by atoms with E-state index in [1.807, 2.05) is 37.3 Å². The monoisotopic (exact) mass is 807 g/mol. The van der Waals surface area contributed by atoms with Crippen LogP contribution < -0.4 is 31.9 Å². The third-order valence-corrected chi connectivity index (χ3v) is 10.9. The zero-order chi connectivity index (χ0) is 42.9. The van der Waals surface area contributed by atoms with E-state index in [1.54, 1.807) is 32.9 Å². The van der Waals surface area contributed by atoms with E-state index in [-0.39, 0.29) is 31.6 Å². The minimum atomic E-state index is -1.23. The Bertz CT molecular complexity index is 1710. The molecule has 8 unspecified atom stereocenters. The lowest BCUT2D eigenvalue weighted by atomic mass is 9.96. The number of phenols is 1. The maximum Gasteiger partial charge on any atom is 0.326 e. The second-order valence-electron chi connectivity index (χ2n) is 15.2. The van der Waals surface area contributed by atoms with Gasteiger partial charge in [-0.15, -0.1) is 0 Å². The molecule has 8 atom stereocenters. The number of carbonyl (C=O) groups excluding carboxylic acids is 6. The van der Waals surface area contributed by atoms with Gasteiger partial charge in [0.2, 0.25) is 29.5 Å². The predicted octanol–water partition coefficient (Wildman–Crippen LogP) is 2.38. The molecule has 0 radical (unpaired) electrons. The number of rotatable bonds is 12. The van der Waals surface area contributed by atoms with Crippen LogP contribution in [0.5, 0.6) is 5.75 Å². The fourth-order valence-corrected chi connectivity index (χ4v) is 6.51. The summed E-state index contributed by atoms with van der Waals surface area (Å²) in [6.07, 6.45) is 2.28. The van der Waals surface area contributed by atoms with Crippen molar-refractivity contribution in [3.63, 3.8) is 0 Å². The number of carboxylic acid groups (broad SMARTS) is 1. The highest BCUT2D eigenvalue weighted by Gasteiger charge is 2.36. The van der Waals surface area contributed by atoms with Crippen molar-refractivity contribution in [3.8, 4) is 5.75 Å². The summed E-state index contributed by atoms with van der Waals surface area (Å²) in [4.78, 5) is 96.0. The first-order chi connectivity index (χ1) is 27.6. The molecule has 318 valence electrons. The molecule has 1 aliphatic heterocycles. The molecule has 0 aromatic heterocycles. The van der Waals surface area contributed by atoms with Crippen LogP contribution in [0.15, 0.2) is 54.6 Å². The smallest absolute Gasteiger partial charge is 0.326 e. The molecule has 0 aliphatic carbocycles. The summed E-state index contributed by atoms with van der Waals surface area (Å²) in [6, 6.07) is 7.87. The molecule has 1 heterocycles. The highest BCUT2D eigenvalue weighted by Crippen LogP contribution is 2.16. The molecule has 2 aromatic carbocycles. The molecule has 1 saturated heterocycles. The minimum absolute atomic E-state index is 0.0634. The van der Waals surface area contributed by atoms with Crippen molar-refractivity contribution >= 4 is 41.5 Å². The molecule has 0 spiro atoms. The lowest BCUT2D eigenvalue weighted by molar-refractivity contribution is -0.142. The number of aryl methyl sites for hydroxylation is 1. The van der Waals surface area contributed by atoms with Gasteiger partial charge in [-0.05, 0) is 74.1 Å².